The maximum atomic E-state index is 12.9. The standard InChI is InChI=1S/C16H25ClN4O/c1-11(2)15-18-9-13(17)14(19-15)16(22)21-8-6-5-7-12(21)10-20(3)4/h9,11-12H,5-8,10H2,1-4H3/t12-/m1/s1. The number of likely N-dealkylation sites (N-methyl/N-ethyl adjacent to an activating group) is 1. The van der Waals surface area contributed by atoms with Crippen LogP contribution in [0.25, 0.3) is 0 Å². The molecule has 1 atom stereocenters. The summed E-state index contributed by atoms with van der Waals surface area (Å²) >= 11 is 6.19. The zero-order valence-corrected chi connectivity index (χ0v) is 14.6. The Labute approximate surface area is 137 Å². The van der Waals surface area contributed by atoms with Crippen molar-refractivity contribution in [3.05, 3.63) is 22.7 Å². The Kier molecular flexibility index (Phi) is 5.75. The Hall–Kier alpha value is -1.20. The number of rotatable bonds is 4. The molecule has 122 valence electrons. The quantitative estimate of drug-likeness (QED) is 0.854. The highest BCUT2D eigenvalue weighted by atomic mass is 35.5. The van der Waals surface area contributed by atoms with Gasteiger partial charge in [-0.15, -0.1) is 0 Å². The molecule has 1 aliphatic heterocycles. The second-order valence-corrected chi connectivity index (χ2v) is 6.90. The van der Waals surface area contributed by atoms with Crippen LogP contribution in [0.5, 0.6) is 0 Å². The van der Waals surface area contributed by atoms with Crippen LogP contribution >= 0.6 is 11.6 Å². The van der Waals surface area contributed by atoms with Crippen molar-refractivity contribution in [2.75, 3.05) is 27.2 Å². The second kappa shape index (κ2) is 7.38. The fraction of sp³-hybridized carbons (Fsp3) is 0.688. The van der Waals surface area contributed by atoms with Crippen LogP contribution in [0.3, 0.4) is 0 Å². The molecule has 0 aromatic carbocycles. The summed E-state index contributed by atoms with van der Waals surface area (Å²) in [6, 6.07) is 0.227. The van der Waals surface area contributed by atoms with Gasteiger partial charge < -0.3 is 9.80 Å². The van der Waals surface area contributed by atoms with Gasteiger partial charge in [0.05, 0.1) is 11.2 Å². The Morgan fingerprint density at radius 2 is 2.18 bits per heavy atom. The first kappa shape index (κ1) is 17.2. The average Bonchev–Trinajstić information content (AvgIpc) is 2.46. The van der Waals surface area contributed by atoms with Gasteiger partial charge in [0, 0.05) is 25.0 Å². The van der Waals surface area contributed by atoms with Crippen LogP contribution in [-0.4, -0.2) is 58.9 Å². The summed E-state index contributed by atoms with van der Waals surface area (Å²) < 4.78 is 0. The molecular formula is C16H25ClN4O. The molecule has 6 heteroatoms. The number of carbonyl (C=O) groups excluding carboxylic acids is 1. The van der Waals surface area contributed by atoms with Gasteiger partial charge in [0.25, 0.3) is 5.91 Å². The van der Waals surface area contributed by atoms with Crippen LogP contribution in [0.1, 0.15) is 55.3 Å². The minimum absolute atomic E-state index is 0.0687. The van der Waals surface area contributed by atoms with Crippen LogP contribution in [0.2, 0.25) is 5.02 Å². The lowest BCUT2D eigenvalue weighted by atomic mass is 10.0. The molecular weight excluding hydrogens is 300 g/mol. The van der Waals surface area contributed by atoms with Crippen molar-refractivity contribution in [3.63, 3.8) is 0 Å². The van der Waals surface area contributed by atoms with Crippen molar-refractivity contribution in [2.24, 2.45) is 0 Å². The molecule has 0 N–H and O–H groups in total. The number of likely N-dealkylation sites (tertiary alicyclic amines) is 1. The minimum Gasteiger partial charge on any atom is -0.333 e. The Balaban J connectivity index is 2.27. The van der Waals surface area contributed by atoms with E-state index in [1.165, 1.54) is 0 Å². The zero-order valence-electron chi connectivity index (χ0n) is 13.8. The van der Waals surface area contributed by atoms with Gasteiger partial charge in [0.2, 0.25) is 0 Å². The summed E-state index contributed by atoms with van der Waals surface area (Å²) in [4.78, 5) is 25.6. The fourth-order valence-electron chi connectivity index (χ4n) is 2.82. The molecule has 22 heavy (non-hydrogen) atoms. The monoisotopic (exact) mass is 324 g/mol. The van der Waals surface area contributed by atoms with Crippen molar-refractivity contribution in [2.45, 2.75) is 45.1 Å². The number of aromatic nitrogens is 2. The van der Waals surface area contributed by atoms with Gasteiger partial charge in [-0.1, -0.05) is 25.4 Å². The van der Waals surface area contributed by atoms with Crippen molar-refractivity contribution in [1.29, 1.82) is 0 Å². The second-order valence-electron chi connectivity index (χ2n) is 6.49. The Bertz CT molecular complexity index is 533. The van der Waals surface area contributed by atoms with E-state index >= 15 is 0 Å². The number of halogens is 1. The normalized spacial score (nSPS) is 19.0. The maximum Gasteiger partial charge on any atom is 0.274 e. The number of hydrogen-bond donors (Lipinski definition) is 0. The molecule has 0 bridgehead atoms. The third-order valence-corrected chi connectivity index (χ3v) is 4.22. The van der Waals surface area contributed by atoms with Gasteiger partial charge in [0.1, 0.15) is 5.82 Å². The first-order valence-corrected chi connectivity index (χ1v) is 8.26. The lowest BCUT2D eigenvalue weighted by Gasteiger charge is -2.37. The molecule has 1 amide bonds. The molecule has 0 radical (unpaired) electrons. The van der Waals surface area contributed by atoms with Gasteiger partial charge in [0.15, 0.2) is 5.69 Å². The highest BCUT2D eigenvalue weighted by molar-refractivity contribution is 6.33. The highest BCUT2D eigenvalue weighted by Gasteiger charge is 2.30. The summed E-state index contributed by atoms with van der Waals surface area (Å²) in [5, 5.41) is 0.337. The van der Waals surface area contributed by atoms with Gasteiger partial charge >= 0.3 is 0 Å². The van der Waals surface area contributed by atoms with Gasteiger partial charge in [-0.05, 0) is 33.4 Å². The number of amides is 1. The Morgan fingerprint density at radius 1 is 1.45 bits per heavy atom. The van der Waals surface area contributed by atoms with E-state index < -0.39 is 0 Å². The SMILES string of the molecule is CC(C)c1ncc(Cl)c(C(=O)N2CCCC[C@@H]2CN(C)C)n1. The number of carbonyl (C=O) groups is 1. The highest BCUT2D eigenvalue weighted by Crippen LogP contribution is 2.23. The topological polar surface area (TPSA) is 49.3 Å². The van der Waals surface area contributed by atoms with Crippen LogP contribution in [0, 0.1) is 0 Å². The summed E-state index contributed by atoms with van der Waals surface area (Å²) in [6.07, 6.45) is 4.78. The number of hydrogen-bond acceptors (Lipinski definition) is 4. The lowest BCUT2D eigenvalue weighted by Crippen LogP contribution is -2.48. The molecule has 1 saturated heterocycles. The number of piperidine rings is 1. The van der Waals surface area contributed by atoms with E-state index in [1.807, 2.05) is 32.8 Å². The van der Waals surface area contributed by atoms with E-state index in [1.54, 1.807) is 6.20 Å². The first-order valence-electron chi connectivity index (χ1n) is 7.88. The summed E-state index contributed by atoms with van der Waals surface area (Å²) in [6.45, 7) is 5.65. The molecule has 2 rings (SSSR count). The van der Waals surface area contributed by atoms with Crippen LogP contribution in [0.15, 0.2) is 6.20 Å². The van der Waals surface area contributed by atoms with E-state index in [2.05, 4.69) is 14.9 Å². The maximum absolute atomic E-state index is 12.9. The van der Waals surface area contributed by atoms with Gasteiger partial charge in [-0.25, -0.2) is 9.97 Å². The van der Waals surface area contributed by atoms with E-state index in [0.29, 0.717) is 16.5 Å². The van der Waals surface area contributed by atoms with Gasteiger partial charge in [-0.2, -0.15) is 0 Å². The summed E-state index contributed by atoms with van der Waals surface area (Å²) in [5.74, 6) is 0.762. The molecule has 1 aliphatic rings. The van der Waals surface area contributed by atoms with E-state index in [-0.39, 0.29) is 17.9 Å². The van der Waals surface area contributed by atoms with E-state index in [9.17, 15) is 4.79 Å². The Morgan fingerprint density at radius 3 is 2.82 bits per heavy atom. The van der Waals surface area contributed by atoms with Crippen LogP contribution < -0.4 is 0 Å². The molecule has 1 aromatic rings. The van der Waals surface area contributed by atoms with Crippen molar-refractivity contribution in [1.82, 2.24) is 19.8 Å². The summed E-state index contributed by atoms with van der Waals surface area (Å²) in [7, 11) is 4.07. The predicted octanol–water partition coefficient (Wildman–Crippen LogP) is 2.81. The zero-order chi connectivity index (χ0) is 16.3. The van der Waals surface area contributed by atoms with Crippen LogP contribution in [0.4, 0.5) is 0 Å². The summed E-state index contributed by atoms with van der Waals surface area (Å²) in [5.41, 5.74) is 0.339. The largest absolute Gasteiger partial charge is 0.333 e. The van der Waals surface area contributed by atoms with Crippen molar-refractivity contribution >= 4 is 17.5 Å². The van der Waals surface area contributed by atoms with Crippen molar-refractivity contribution in [3.8, 4) is 0 Å². The third kappa shape index (κ3) is 3.96. The van der Waals surface area contributed by atoms with Crippen molar-refractivity contribution < 1.29 is 4.79 Å². The molecule has 0 saturated carbocycles. The predicted molar refractivity (Wildman–Crippen MR) is 88.4 cm³/mol. The lowest BCUT2D eigenvalue weighted by molar-refractivity contribution is 0.0568. The first-order chi connectivity index (χ1) is 10.4. The number of nitrogens with zero attached hydrogens (tertiary/aromatic N) is 4. The molecule has 0 unspecified atom stereocenters. The fourth-order valence-corrected chi connectivity index (χ4v) is 3.00. The molecule has 5 nitrogen and oxygen atoms in total. The molecule has 1 fully saturated rings. The molecule has 0 spiro atoms. The molecule has 0 aliphatic carbocycles. The minimum atomic E-state index is -0.0687. The van der Waals surface area contributed by atoms with Crippen LogP contribution in [-0.2, 0) is 0 Å². The average molecular weight is 325 g/mol. The van der Waals surface area contributed by atoms with E-state index in [0.717, 1.165) is 32.4 Å². The third-order valence-electron chi connectivity index (χ3n) is 3.95. The molecule has 1 aromatic heterocycles. The molecule has 2 heterocycles. The van der Waals surface area contributed by atoms with E-state index in [4.69, 9.17) is 11.6 Å². The smallest absolute Gasteiger partial charge is 0.274 e. The van der Waals surface area contributed by atoms with Gasteiger partial charge in [-0.3, -0.25) is 4.79 Å².